The van der Waals surface area contributed by atoms with E-state index in [1.165, 1.54) is 11.1 Å². The molecular formula is C15H17O2P. The van der Waals surface area contributed by atoms with Crippen LogP contribution in [0.1, 0.15) is 25.0 Å². The molecule has 0 bridgehead atoms. The van der Waals surface area contributed by atoms with Crippen molar-refractivity contribution in [2.75, 3.05) is 0 Å². The lowest BCUT2D eigenvalue weighted by atomic mass is 9.78. The SMILES string of the molecule is CC(C)(c1ccc(O)cc1)c1ccc(OP)cc1. The Labute approximate surface area is 110 Å². The van der Waals surface area contributed by atoms with Crippen LogP contribution in [0.5, 0.6) is 11.5 Å². The van der Waals surface area contributed by atoms with E-state index >= 15 is 0 Å². The smallest absolute Gasteiger partial charge is 0.122 e. The summed E-state index contributed by atoms with van der Waals surface area (Å²) in [7, 11) is 2.24. The van der Waals surface area contributed by atoms with Crippen molar-refractivity contribution in [2.24, 2.45) is 0 Å². The number of phenolic OH excluding ortho intramolecular Hbond substituents is 1. The summed E-state index contributed by atoms with van der Waals surface area (Å²) in [4.78, 5) is 0. The zero-order valence-electron chi connectivity index (χ0n) is 10.6. The lowest BCUT2D eigenvalue weighted by molar-refractivity contribution is 0.474. The molecule has 0 fully saturated rings. The highest BCUT2D eigenvalue weighted by Crippen LogP contribution is 2.33. The van der Waals surface area contributed by atoms with E-state index in [1.54, 1.807) is 12.1 Å². The second-order valence-corrected chi connectivity index (χ2v) is 5.05. The summed E-state index contributed by atoms with van der Waals surface area (Å²) in [6, 6.07) is 15.4. The van der Waals surface area contributed by atoms with Crippen molar-refractivity contribution in [3.05, 3.63) is 59.7 Å². The summed E-state index contributed by atoms with van der Waals surface area (Å²) in [5.41, 5.74) is 2.27. The number of aromatic hydroxyl groups is 1. The summed E-state index contributed by atoms with van der Waals surface area (Å²) in [6.45, 7) is 4.33. The Morgan fingerprint density at radius 3 is 1.78 bits per heavy atom. The predicted octanol–water partition coefficient (Wildman–Crippen LogP) is 3.89. The minimum Gasteiger partial charge on any atom is -0.508 e. The molecule has 1 atom stereocenters. The quantitative estimate of drug-likeness (QED) is 0.848. The number of benzene rings is 2. The van der Waals surface area contributed by atoms with Gasteiger partial charge < -0.3 is 9.63 Å². The largest absolute Gasteiger partial charge is 0.508 e. The molecule has 0 aliphatic rings. The summed E-state index contributed by atoms with van der Waals surface area (Å²) < 4.78 is 5.09. The molecule has 0 saturated heterocycles. The average Bonchev–Trinajstić information content (AvgIpc) is 2.39. The Hall–Kier alpha value is -1.53. The second-order valence-electron chi connectivity index (χ2n) is 4.81. The molecule has 0 aliphatic carbocycles. The van der Waals surface area contributed by atoms with Gasteiger partial charge in [0.1, 0.15) is 11.5 Å². The van der Waals surface area contributed by atoms with Gasteiger partial charge in [-0.25, -0.2) is 0 Å². The van der Waals surface area contributed by atoms with E-state index in [9.17, 15) is 5.11 Å². The summed E-state index contributed by atoms with van der Waals surface area (Å²) in [5.74, 6) is 1.12. The van der Waals surface area contributed by atoms with Crippen LogP contribution in [0.3, 0.4) is 0 Å². The molecule has 0 aliphatic heterocycles. The highest BCUT2D eigenvalue weighted by molar-refractivity contribution is 7.10. The Morgan fingerprint density at radius 2 is 1.33 bits per heavy atom. The molecule has 0 amide bonds. The van der Waals surface area contributed by atoms with Gasteiger partial charge in [-0.05, 0) is 35.4 Å². The van der Waals surface area contributed by atoms with Gasteiger partial charge in [0.2, 0.25) is 0 Å². The topological polar surface area (TPSA) is 29.5 Å². The van der Waals surface area contributed by atoms with E-state index in [0.29, 0.717) is 5.75 Å². The first-order valence-electron chi connectivity index (χ1n) is 5.81. The van der Waals surface area contributed by atoms with Crippen molar-refractivity contribution in [3.63, 3.8) is 0 Å². The molecular weight excluding hydrogens is 243 g/mol. The van der Waals surface area contributed by atoms with Gasteiger partial charge in [0.05, 0.1) is 9.47 Å². The van der Waals surface area contributed by atoms with Crippen molar-refractivity contribution < 1.29 is 9.63 Å². The molecule has 1 unspecified atom stereocenters. The Morgan fingerprint density at radius 1 is 0.889 bits per heavy atom. The van der Waals surface area contributed by atoms with Gasteiger partial charge in [0, 0.05) is 5.41 Å². The first-order chi connectivity index (χ1) is 8.54. The zero-order chi connectivity index (χ0) is 13.2. The summed E-state index contributed by atoms with van der Waals surface area (Å²) >= 11 is 0. The number of hydrogen-bond donors (Lipinski definition) is 1. The van der Waals surface area contributed by atoms with Crippen molar-refractivity contribution in [2.45, 2.75) is 19.3 Å². The molecule has 0 radical (unpaired) electrons. The van der Waals surface area contributed by atoms with Crippen LogP contribution in [0.2, 0.25) is 0 Å². The highest BCUT2D eigenvalue weighted by Gasteiger charge is 2.22. The van der Waals surface area contributed by atoms with Gasteiger partial charge in [0.15, 0.2) is 0 Å². The van der Waals surface area contributed by atoms with Crippen LogP contribution in [0, 0.1) is 0 Å². The van der Waals surface area contributed by atoms with Crippen LogP contribution in [0.25, 0.3) is 0 Å². The van der Waals surface area contributed by atoms with Crippen LogP contribution in [-0.4, -0.2) is 5.11 Å². The van der Waals surface area contributed by atoms with E-state index in [1.807, 2.05) is 24.3 Å². The Balaban J connectivity index is 2.37. The zero-order valence-corrected chi connectivity index (χ0v) is 11.7. The van der Waals surface area contributed by atoms with E-state index < -0.39 is 0 Å². The minimum atomic E-state index is -0.104. The maximum absolute atomic E-state index is 9.34. The van der Waals surface area contributed by atoms with E-state index in [-0.39, 0.29) is 5.41 Å². The third-order valence-electron chi connectivity index (χ3n) is 3.30. The fourth-order valence-electron chi connectivity index (χ4n) is 1.99. The monoisotopic (exact) mass is 260 g/mol. The molecule has 2 aromatic rings. The van der Waals surface area contributed by atoms with Gasteiger partial charge in [-0.15, -0.1) is 0 Å². The molecule has 0 heterocycles. The lowest BCUT2D eigenvalue weighted by Crippen LogP contribution is -2.18. The number of rotatable bonds is 3. The van der Waals surface area contributed by atoms with Crippen molar-refractivity contribution in [3.8, 4) is 11.5 Å². The average molecular weight is 260 g/mol. The van der Waals surface area contributed by atoms with E-state index in [4.69, 9.17) is 4.52 Å². The first-order valence-corrected chi connectivity index (χ1v) is 6.28. The molecule has 2 nitrogen and oxygen atoms in total. The van der Waals surface area contributed by atoms with Gasteiger partial charge in [-0.1, -0.05) is 38.1 Å². The molecule has 18 heavy (non-hydrogen) atoms. The summed E-state index contributed by atoms with van der Waals surface area (Å²) in [6.07, 6.45) is 0. The molecule has 1 N–H and O–H groups in total. The number of phenols is 1. The van der Waals surface area contributed by atoms with E-state index in [2.05, 4.69) is 35.4 Å². The molecule has 3 heteroatoms. The molecule has 2 aromatic carbocycles. The Kier molecular flexibility index (Phi) is 3.58. The highest BCUT2D eigenvalue weighted by atomic mass is 31.0. The van der Waals surface area contributed by atoms with Crippen molar-refractivity contribution in [1.82, 2.24) is 0 Å². The third-order valence-corrected chi connectivity index (χ3v) is 3.57. The summed E-state index contributed by atoms with van der Waals surface area (Å²) in [5, 5.41) is 9.34. The van der Waals surface area contributed by atoms with Crippen LogP contribution in [-0.2, 0) is 5.41 Å². The number of hydrogen-bond acceptors (Lipinski definition) is 2. The minimum absolute atomic E-state index is 0.104. The van der Waals surface area contributed by atoms with Crippen LogP contribution in [0.4, 0.5) is 0 Å². The van der Waals surface area contributed by atoms with Gasteiger partial charge in [-0.3, -0.25) is 0 Å². The maximum Gasteiger partial charge on any atom is 0.122 e. The standard InChI is InChI=1S/C15H17O2P/c1-15(2,11-3-7-13(16)8-4-11)12-5-9-14(17-18)10-6-12/h3-10,16H,18H2,1-2H3. The van der Waals surface area contributed by atoms with Gasteiger partial charge in [0.25, 0.3) is 0 Å². The van der Waals surface area contributed by atoms with Crippen LogP contribution in [0.15, 0.2) is 48.5 Å². The van der Waals surface area contributed by atoms with Crippen molar-refractivity contribution >= 4 is 9.47 Å². The third kappa shape index (κ3) is 2.49. The maximum atomic E-state index is 9.34. The molecule has 0 aromatic heterocycles. The predicted molar refractivity (Wildman–Crippen MR) is 77.0 cm³/mol. The molecule has 2 rings (SSSR count). The Bertz CT molecular complexity index is 515. The first kappa shape index (κ1) is 12.9. The normalized spacial score (nSPS) is 11.3. The van der Waals surface area contributed by atoms with Gasteiger partial charge in [-0.2, -0.15) is 0 Å². The second kappa shape index (κ2) is 4.99. The fraction of sp³-hybridized carbons (Fsp3) is 0.200. The molecule has 0 saturated carbocycles. The van der Waals surface area contributed by atoms with Gasteiger partial charge >= 0.3 is 0 Å². The molecule has 94 valence electrons. The fourth-order valence-corrected chi connectivity index (χ4v) is 2.15. The lowest BCUT2D eigenvalue weighted by Gasteiger charge is -2.26. The van der Waals surface area contributed by atoms with E-state index in [0.717, 1.165) is 5.75 Å². The van der Waals surface area contributed by atoms with Crippen LogP contribution < -0.4 is 4.52 Å². The van der Waals surface area contributed by atoms with Crippen LogP contribution >= 0.6 is 9.47 Å². The molecule has 0 spiro atoms. The van der Waals surface area contributed by atoms with Crippen molar-refractivity contribution in [1.29, 1.82) is 0 Å².